The second-order valence-corrected chi connectivity index (χ2v) is 5.67. The van der Waals surface area contributed by atoms with Crippen LogP contribution in [0.25, 0.3) is 10.9 Å². The van der Waals surface area contributed by atoms with Gasteiger partial charge in [-0.25, -0.2) is 9.78 Å². The van der Waals surface area contributed by atoms with E-state index in [1.807, 2.05) is 26.0 Å². The van der Waals surface area contributed by atoms with E-state index in [1.54, 1.807) is 12.1 Å². The highest BCUT2D eigenvalue weighted by Gasteiger charge is 2.16. The SMILES string of the molecule is CC(C)c1noc(COC(=O)c2cc(Cl)nc3ccccc23)n1. The Morgan fingerprint density at radius 1 is 1.30 bits per heavy atom. The highest BCUT2D eigenvalue weighted by molar-refractivity contribution is 6.30. The molecule has 0 bridgehead atoms. The van der Waals surface area contributed by atoms with Crippen LogP contribution in [-0.4, -0.2) is 21.1 Å². The van der Waals surface area contributed by atoms with Crippen LogP contribution >= 0.6 is 11.6 Å². The summed E-state index contributed by atoms with van der Waals surface area (Å²) in [5.74, 6) is 0.459. The normalized spacial score (nSPS) is 11.1. The lowest BCUT2D eigenvalue weighted by Crippen LogP contribution is -2.07. The molecule has 3 aromatic rings. The largest absolute Gasteiger partial charge is 0.452 e. The van der Waals surface area contributed by atoms with Gasteiger partial charge >= 0.3 is 5.97 Å². The van der Waals surface area contributed by atoms with E-state index in [0.29, 0.717) is 22.3 Å². The zero-order valence-electron chi connectivity index (χ0n) is 12.6. The second-order valence-electron chi connectivity index (χ2n) is 5.29. The van der Waals surface area contributed by atoms with Crippen LogP contribution in [0, 0.1) is 0 Å². The third kappa shape index (κ3) is 3.32. The maximum absolute atomic E-state index is 12.3. The van der Waals surface area contributed by atoms with Crippen molar-refractivity contribution in [2.75, 3.05) is 0 Å². The van der Waals surface area contributed by atoms with E-state index in [1.165, 1.54) is 6.07 Å². The molecule has 118 valence electrons. The third-order valence-corrected chi connectivity index (χ3v) is 3.43. The van der Waals surface area contributed by atoms with Gasteiger partial charge in [-0.05, 0) is 12.1 Å². The Balaban J connectivity index is 1.80. The predicted octanol–water partition coefficient (Wildman–Crippen LogP) is 3.75. The Bertz CT molecular complexity index is 861. The van der Waals surface area contributed by atoms with Gasteiger partial charge in [0.05, 0.1) is 11.1 Å². The molecule has 0 fully saturated rings. The van der Waals surface area contributed by atoms with Gasteiger partial charge in [0, 0.05) is 11.3 Å². The summed E-state index contributed by atoms with van der Waals surface area (Å²) in [6.07, 6.45) is 0. The number of ether oxygens (including phenoxy) is 1. The molecule has 0 amide bonds. The van der Waals surface area contributed by atoms with Crippen molar-refractivity contribution in [3.05, 3.63) is 52.8 Å². The van der Waals surface area contributed by atoms with Gasteiger partial charge in [-0.2, -0.15) is 4.98 Å². The van der Waals surface area contributed by atoms with Crippen LogP contribution in [-0.2, 0) is 11.3 Å². The van der Waals surface area contributed by atoms with Crippen molar-refractivity contribution in [2.45, 2.75) is 26.4 Å². The molecule has 0 atom stereocenters. The zero-order chi connectivity index (χ0) is 16.4. The summed E-state index contributed by atoms with van der Waals surface area (Å²) in [7, 11) is 0. The average Bonchev–Trinajstić information content (AvgIpc) is 3.01. The van der Waals surface area contributed by atoms with Crippen LogP contribution < -0.4 is 0 Å². The number of para-hydroxylation sites is 1. The molecule has 6 nitrogen and oxygen atoms in total. The van der Waals surface area contributed by atoms with Gasteiger partial charge < -0.3 is 9.26 Å². The predicted molar refractivity (Wildman–Crippen MR) is 84.3 cm³/mol. The van der Waals surface area contributed by atoms with Crippen LogP contribution in [0.5, 0.6) is 0 Å². The lowest BCUT2D eigenvalue weighted by atomic mass is 10.1. The fraction of sp³-hybridized carbons (Fsp3) is 0.250. The number of carbonyl (C=O) groups excluding carboxylic acids is 1. The van der Waals surface area contributed by atoms with Gasteiger partial charge in [-0.1, -0.05) is 48.8 Å². The van der Waals surface area contributed by atoms with Crippen LogP contribution in [0.15, 0.2) is 34.9 Å². The fourth-order valence-corrected chi connectivity index (χ4v) is 2.28. The average molecular weight is 332 g/mol. The monoisotopic (exact) mass is 331 g/mol. The van der Waals surface area contributed by atoms with Crippen molar-refractivity contribution in [3.8, 4) is 0 Å². The molecule has 0 aliphatic carbocycles. The molecule has 0 N–H and O–H groups in total. The number of hydrogen-bond acceptors (Lipinski definition) is 6. The molecular formula is C16H14ClN3O3. The summed E-state index contributed by atoms with van der Waals surface area (Å²) in [4.78, 5) is 20.7. The summed E-state index contributed by atoms with van der Waals surface area (Å²) in [6, 6.07) is 8.71. The number of nitrogens with zero attached hydrogens (tertiary/aromatic N) is 3. The van der Waals surface area contributed by atoms with Gasteiger partial charge in [0.1, 0.15) is 5.15 Å². The van der Waals surface area contributed by atoms with E-state index in [9.17, 15) is 4.79 Å². The van der Waals surface area contributed by atoms with E-state index in [2.05, 4.69) is 15.1 Å². The number of fused-ring (bicyclic) bond motifs is 1. The first-order chi connectivity index (χ1) is 11.0. The van der Waals surface area contributed by atoms with Crippen molar-refractivity contribution in [2.24, 2.45) is 0 Å². The van der Waals surface area contributed by atoms with E-state index >= 15 is 0 Å². The minimum Gasteiger partial charge on any atom is -0.452 e. The third-order valence-electron chi connectivity index (χ3n) is 3.23. The van der Waals surface area contributed by atoms with Gasteiger partial charge in [0.2, 0.25) is 0 Å². The Morgan fingerprint density at radius 3 is 2.83 bits per heavy atom. The van der Waals surface area contributed by atoms with Gasteiger partial charge in [-0.3, -0.25) is 0 Å². The molecule has 23 heavy (non-hydrogen) atoms. The first-order valence-corrected chi connectivity index (χ1v) is 7.47. The molecule has 7 heteroatoms. The lowest BCUT2D eigenvalue weighted by Gasteiger charge is -2.06. The van der Waals surface area contributed by atoms with Crippen LogP contribution in [0.2, 0.25) is 5.15 Å². The number of pyridine rings is 1. The van der Waals surface area contributed by atoms with E-state index in [4.69, 9.17) is 20.9 Å². The van der Waals surface area contributed by atoms with E-state index in [0.717, 1.165) is 0 Å². The van der Waals surface area contributed by atoms with Gasteiger partial charge in [-0.15, -0.1) is 0 Å². The number of aromatic nitrogens is 3. The molecular weight excluding hydrogens is 318 g/mol. The number of rotatable bonds is 4. The summed E-state index contributed by atoms with van der Waals surface area (Å²) < 4.78 is 10.3. The topological polar surface area (TPSA) is 78.1 Å². The van der Waals surface area contributed by atoms with Crippen LogP contribution in [0.3, 0.4) is 0 Å². The Hall–Kier alpha value is -2.47. The number of hydrogen-bond donors (Lipinski definition) is 0. The molecule has 0 aliphatic heterocycles. The van der Waals surface area contributed by atoms with Crippen molar-refractivity contribution in [1.82, 2.24) is 15.1 Å². The molecule has 0 unspecified atom stereocenters. The van der Waals surface area contributed by atoms with Crippen LogP contribution in [0.4, 0.5) is 0 Å². The summed E-state index contributed by atoms with van der Waals surface area (Å²) in [5.41, 5.74) is 0.982. The quantitative estimate of drug-likeness (QED) is 0.535. The van der Waals surface area contributed by atoms with Crippen molar-refractivity contribution >= 4 is 28.5 Å². The Labute approximate surface area is 137 Å². The molecule has 2 heterocycles. The molecule has 1 aromatic carbocycles. The minimum atomic E-state index is -0.519. The van der Waals surface area contributed by atoms with Crippen molar-refractivity contribution in [3.63, 3.8) is 0 Å². The molecule has 0 radical (unpaired) electrons. The molecule has 2 aromatic heterocycles. The highest BCUT2D eigenvalue weighted by atomic mass is 35.5. The molecule has 0 saturated carbocycles. The van der Waals surface area contributed by atoms with Crippen molar-refractivity contribution < 1.29 is 14.1 Å². The number of esters is 1. The number of halogens is 1. The first kappa shape index (κ1) is 15.4. The molecule has 0 saturated heterocycles. The summed E-state index contributed by atoms with van der Waals surface area (Å²) in [6.45, 7) is 3.81. The highest BCUT2D eigenvalue weighted by Crippen LogP contribution is 2.22. The number of carbonyl (C=O) groups is 1. The lowest BCUT2D eigenvalue weighted by molar-refractivity contribution is 0.0432. The van der Waals surface area contributed by atoms with E-state index < -0.39 is 5.97 Å². The zero-order valence-corrected chi connectivity index (χ0v) is 13.4. The maximum Gasteiger partial charge on any atom is 0.339 e. The standard InChI is InChI=1S/C16H14ClN3O3/c1-9(2)15-19-14(23-20-15)8-22-16(21)11-7-13(17)18-12-6-4-3-5-10(11)12/h3-7,9H,8H2,1-2H3. The van der Waals surface area contributed by atoms with Crippen molar-refractivity contribution in [1.29, 1.82) is 0 Å². The Morgan fingerprint density at radius 2 is 2.09 bits per heavy atom. The molecule has 0 aliphatic rings. The first-order valence-electron chi connectivity index (χ1n) is 7.09. The summed E-state index contributed by atoms with van der Waals surface area (Å²) >= 11 is 5.96. The molecule has 0 spiro atoms. The Kier molecular flexibility index (Phi) is 4.25. The molecule has 3 rings (SSSR count). The minimum absolute atomic E-state index is 0.0905. The van der Waals surface area contributed by atoms with Crippen LogP contribution in [0.1, 0.15) is 41.8 Å². The van der Waals surface area contributed by atoms with Gasteiger partial charge in [0.25, 0.3) is 5.89 Å². The summed E-state index contributed by atoms with van der Waals surface area (Å²) in [5, 5.41) is 4.73. The second kappa shape index (κ2) is 6.34. The smallest absolute Gasteiger partial charge is 0.339 e. The van der Waals surface area contributed by atoms with Gasteiger partial charge in [0.15, 0.2) is 12.4 Å². The number of benzene rings is 1. The fourth-order valence-electron chi connectivity index (χ4n) is 2.08. The maximum atomic E-state index is 12.3. The van der Waals surface area contributed by atoms with E-state index in [-0.39, 0.29) is 23.6 Å².